The smallest absolute Gasteiger partial charge is 0.155 e. The van der Waals surface area contributed by atoms with Gasteiger partial charge >= 0.3 is 0 Å². The fraction of sp³-hybridized carbons (Fsp3) is 0.632. The van der Waals surface area contributed by atoms with Gasteiger partial charge in [0.25, 0.3) is 0 Å². The normalized spacial score (nSPS) is 13.8. The summed E-state index contributed by atoms with van der Waals surface area (Å²) in [4.78, 5) is 12.7. The third-order valence-corrected chi connectivity index (χ3v) is 3.34. The molecule has 0 amide bonds. The predicted molar refractivity (Wildman–Crippen MR) is 92.5 cm³/mol. The second-order valence-electron chi connectivity index (χ2n) is 7.84. The van der Waals surface area contributed by atoms with Gasteiger partial charge in [-0.3, -0.25) is 4.79 Å². The molecule has 3 heteroatoms. The summed E-state index contributed by atoms with van der Waals surface area (Å²) >= 11 is 0. The molecule has 0 aliphatic carbocycles. The third kappa shape index (κ3) is 6.18. The first-order valence-electron chi connectivity index (χ1n) is 8.06. The van der Waals surface area contributed by atoms with Gasteiger partial charge in [0, 0.05) is 11.0 Å². The van der Waals surface area contributed by atoms with E-state index in [9.17, 15) is 4.79 Å². The van der Waals surface area contributed by atoms with E-state index in [1.165, 1.54) is 0 Å². The molecule has 1 aromatic carbocycles. The Morgan fingerprint density at radius 1 is 1.09 bits per heavy atom. The lowest BCUT2D eigenvalue weighted by atomic mass is 9.83. The highest BCUT2D eigenvalue weighted by Crippen LogP contribution is 2.21. The lowest BCUT2D eigenvalue weighted by Gasteiger charge is -2.32. The maximum absolute atomic E-state index is 12.7. The second-order valence-corrected chi connectivity index (χ2v) is 7.84. The Morgan fingerprint density at radius 3 is 2.05 bits per heavy atom. The molecule has 1 aromatic rings. The first-order chi connectivity index (χ1) is 10.0. The lowest BCUT2D eigenvalue weighted by Crippen LogP contribution is -2.51. The van der Waals surface area contributed by atoms with Crippen LogP contribution in [0.1, 0.15) is 54.0 Å². The minimum atomic E-state index is -0.353. The molecule has 0 unspecified atom stereocenters. The number of hydrogen-bond acceptors (Lipinski definition) is 3. The summed E-state index contributed by atoms with van der Waals surface area (Å²) in [6.45, 7) is 14.8. The topological polar surface area (TPSA) is 38.3 Å². The van der Waals surface area contributed by atoms with Crippen LogP contribution in [-0.2, 0) is 11.2 Å². The summed E-state index contributed by atoms with van der Waals surface area (Å²) in [6.07, 6.45) is 0.694. The lowest BCUT2D eigenvalue weighted by molar-refractivity contribution is -0.128. The molecule has 0 bridgehead atoms. The molecule has 1 N–H and O–H groups in total. The van der Waals surface area contributed by atoms with Crippen molar-refractivity contribution in [1.29, 1.82) is 0 Å². The van der Waals surface area contributed by atoms with E-state index in [4.69, 9.17) is 4.74 Å². The van der Waals surface area contributed by atoms with Crippen LogP contribution in [0.15, 0.2) is 24.3 Å². The maximum atomic E-state index is 12.7. The number of ether oxygens (including phenoxy) is 1. The highest BCUT2D eigenvalue weighted by atomic mass is 16.5. The van der Waals surface area contributed by atoms with Gasteiger partial charge in [0.15, 0.2) is 5.78 Å². The van der Waals surface area contributed by atoms with E-state index in [1.54, 1.807) is 0 Å². The number of nitrogens with one attached hydrogen (secondary N) is 1. The fourth-order valence-electron chi connectivity index (χ4n) is 2.38. The van der Waals surface area contributed by atoms with Gasteiger partial charge < -0.3 is 10.1 Å². The van der Waals surface area contributed by atoms with E-state index in [1.807, 2.05) is 52.0 Å². The molecule has 0 saturated carbocycles. The predicted octanol–water partition coefficient (Wildman–Crippen LogP) is 4.00. The van der Waals surface area contributed by atoms with Crippen molar-refractivity contribution in [2.45, 2.75) is 66.5 Å². The zero-order chi connectivity index (χ0) is 17.0. The van der Waals surface area contributed by atoms with Crippen molar-refractivity contribution in [3.8, 4) is 5.75 Å². The zero-order valence-electron chi connectivity index (χ0n) is 15.1. The Labute approximate surface area is 135 Å². The van der Waals surface area contributed by atoms with Gasteiger partial charge in [-0.1, -0.05) is 32.9 Å². The Hall–Kier alpha value is -1.35. The SMILES string of the molecule is CCOc1ccc(C[C@@H](NC(C)(C)C)C(=O)C(C)(C)C)cc1. The number of Topliss-reactive ketones (excluding diaryl/α,β-unsaturated/α-hetero) is 1. The molecular weight excluding hydrogens is 274 g/mol. The number of carbonyl (C=O) groups is 1. The van der Waals surface area contributed by atoms with Gasteiger partial charge in [-0.15, -0.1) is 0 Å². The molecule has 3 nitrogen and oxygen atoms in total. The van der Waals surface area contributed by atoms with Gasteiger partial charge in [0.1, 0.15) is 5.75 Å². The molecule has 0 spiro atoms. The van der Waals surface area contributed by atoms with Crippen LogP contribution in [0, 0.1) is 5.41 Å². The molecule has 0 saturated heterocycles. The van der Waals surface area contributed by atoms with Crippen LogP contribution in [0.2, 0.25) is 0 Å². The van der Waals surface area contributed by atoms with E-state index >= 15 is 0 Å². The van der Waals surface area contributed by atoms with Gasteiger partial charge in [0.05, 0.1) is 12.6 Å². The Balaban J connectivity index is 2.90. The molecule has 0 aliphatic rings. The first-order valence-corrected chi connectivity index (χ1v) is 8.06. The minimum Gasteiger partial charge on any atom is -0.494 e. The summed E-state index contributed by atoms with van der Waals surface area (Å²) in [6, 6.07) is 7.83. The third-order valence-electron chi connectivity index (χ3n) is 3.34. The summed E-state index contributed by atoms with van der Waals surface area (Å²) in [5.74, 6) is 1.12. The number of ketones is 1. The minimum absolute atomic E-state index is 0.100. The first kappa shape index (κ1) is 18.7. The van der Waals surface area contributed by atoms with Crippen LogP contribution in [-0.4, -0.2) is 24.0 Å². The molecule has 0 aromatic heterocycles. The summed E-state index contributed by atoms with van der Waals surface area (Å²) < 4.78 is 5.47. The molecule has 0 heterocycles. The summed E-state index contributed by atoms with van der Waals surface area (Å²) in [5.41, 5.74) is 0.688. The molecule has 124 valence electrons. The zero-order valence-corrected chi connectivity index (χ0v) is 15.1. The van der Waals surface area contributed by atoms with E-state index in [0.29, 0.717) is 13.0 Å². The van der Waals surface area contributed by atoms with Gasteiger partial charge in [0.2, 0.25) is 0 Å². The van der Waals surface area contributed by atoms with Gasteiger partial charge in [-0.05, 0) is 51.8 Å². The van der Waals surface area contributed by atoms with E-state index in [-0.39, 0.29) is 22.8 Å². The Kier molecular flexibility index (Phi) is 6.18. The van der Waals surface area contributed by atoms with Crippen LogP contribution >= 0.6 is 0 Å². The quantitative estimate of drug-likeness (QED) is 0.863. The van der Waals surface area contributed by atoms with Gasteiger partial charge in [-0.25, -0.2) is 0 Å². The monoisotopic (exact) mass is 305 g/mol. The maximum Gasteiger partial charge on any atom is 0.155 e. The van der Waals surface area contributed by atoms with Crippen molar-refractivity contribution in [3.63, 3.8) is 0 Å². The Morgan fingerprint density at radius 2 is 1.64 bits per heavy atom. The van der Waals surface area contributed by atoms with E-state index in [0.717, 1.165) is 11.3 Å². The number of rotatable bonds is 6. The van der Waals surface area contributed by atoms with Crippen molar-refractivity contribution >= 4 is 5.78 Å². The standard InChI is InChI=1S/C19H31NO2/c1-8-22-15-11-9-14(10-12-15)13-16(20-19(5,6)7)17(21)18(2,3)4/h9-12,16,20H,8,13H2,1-7H3/t16-/m1/s1. The highest BCUT2D eigenvalue weighted by molar-refractivity contribution is 5.89. The van der Waals surface area contributed by atoms with Crippen molar-refractivity contribution in [2.75, 3.05) is 6.61 Å². The molecule has 22 heavy (non-hydrogen) atoms. The van der Waals surface area contributed by atoms with Crippen LogP contribution in [0.4, 0.5) is 0 Å². The van der Waals surface area contributed by atoms with Crippen LogP contribution in [0.25, 0.3) is 0 Å². The highest BCUT2D eigenvalue weighted by Gasteiger charge is 2.31. The molecule has 0 aliphatic heterocycles. The van der Waals surface area contributed by atoms with Gasteiger partial charge in [-0.2, -0.15) is 0 Å². The van der Waals surface area contributed by atoms with E-state index < -0.39 is 0 Å². The molecule has 0 radical (unpaired) electrons. The number of hydrogen-bond donors (Lipinski definition) is 1. The van der Waals surface area contributed by atoms with Crippen molar-refractivity contribution in [1.82, 2.24) is 5.32 Å². The summed E-state index contributed by atoms with van der Waals surface area (Å²) in [7, 11) is 0. The number of benzene rings is 1. The second kappa shape index (κ2) is 7.28. The Bertz CT molecular complexity index is 478. The molecular formula is C19H31NO2. The number of carbonyl (C=O) groups excluding carboxylic acids is 1. The van der Waals surface area contributed by atoms with Crippen LogP contribution < -0.4 is 10.1 Å². The average molecular weight is 305 g/mol. The van der Waals surface area contributed by atoms with Crippen LogP contribution in [0.5, 0.6) is 5.75 Å². The molecule has 1 rings (SSSR count). The van der Waals surface area contributed by atoms with E-state index in [2.05, 4.69) is 26.1 Å². The fourth-order valence-corrected chi connectivity index (χ4v) is 2.38. The average Bonchev–Trinajstić information content (AvgIpc) is 2.37. The van der Waals surface area contributed by atoms with Crippen molar-refractivity contribution in [2.24, 2.45) is 5.41 Å². The van der Waals surface area contributed by atoms with Crippen molar-refractivity contribution in [3.05, 3.63) is 29.8 Å². The van der Waals surface area contributed by atoms with Crippen molar-refractivity contribution < 1.29 is 9.53 Å². The summed E-state index contributed by atoms with van der Waals surface area (Å²) in [5, 5.41) is 3.47. The van der Waals surface area contributed by atoms with Crippen LogP contribution in [0.3, 0.4) is 0 Å². The molecule has 0 fully saturated rings. The largest absolute Gasteiger partial charge is 0.494 e. The molecule has 1 atom stereocenters.